The van der Waals surface area contributed by atoms with Crippen LogP contribution in [0.15, 0.2) is 29.3 Å². The molecule has 0 heterocycles. The van der Waals surface area contributed by atoms with Crippen molar-refractivity contribution in [2.75, 3.05) is 32.9 Å². The summed E-state index contributed by atoms with van der Waals surface area (Å²) in [5, 5.41) is 6.44. The monoisotopic (exact) mass is 340 g/mol. The molecular formula is C16H28N4O2S. The topological polar surface area (TPSA) is 73.8 Å². The number of aliphatic imine (C=N–C) groups is 1. The normalized spacial score (nSPS) is 12.5. The van der Waals surface area contributed by atoms with Crippen molar-refractivity contribution < 1.29 is 8.42 Å². The molecule has 0 saturated heterocycles. The molecule has 0 amide bonds. The van der Waals surface area contributed by atoms with Gasteiger partial charge in [0.25, 0.3) is 0 Å². The van der Waals surface area contributed by atoms with Gasteiger partial charge in [0.2, 0.25) is 10.0 Å². The van der Waals surface area contributed by atoms with E-state index in [1.165, 1.54) is 15.4 Å². The van der Waals surface area contributed by atoms with Crippen LogP contribution >= 0.6 is 0 Å². The van der Waals surface area contributed by atoms with Gasteiger partial charge in [0.15, 0.2) is 5.96 Å². The Kier molecular flexibility index (Phi) is 8.05. The maximum atomic E-state index is 11.6. The summed E-state index contributed by atoms with van der Waals surface area (Å²) in [6.07, 6.45) is 0.723. The average molecular weight is 340 g/mol. The Hall–Kier alpha value is -1.60. The van der Waals surface area contributed by atoms with Crippen molar-refractivity contribution in [1.29, 1.82) is 0 Å². The van der Waals surface area contributed by atoms with E-state index in [-0.39, 0.29) is 5.75 Å². The summed E-state index contributed by atoms with van der Waals surface area (Å²) < 4.78 is 24.7. The van der Waals surface area contributed by atoms with E-state index in [1.54, 1.807) is 21.0 Å². The van der Waals surface area contributed by atoms with E-state index in [0.29, 0.717) is 25.6 Å². The average Bonchev–Trinajstić information content (AvgIpc) is 2.55. The molecule has 0 atom stereocenters. The molecule has 0 fully saturated rings. The number of benzene rings is 1. The first-order valence-electron chi connectivity index (χ1n) is 7.83. The minimum absolute atomic E-state index is 0.136. The quantitative estimate of drug-likeness (QED) is 0.425. The second-order valence-corrected chi connectivity index (χ2v) is 7.78. The molecule has 1 aromatic rings. The molecule has 130 valence electrons. The van der Waals surface area contributed by atoms with E-state index in [4.69, 9.17) is 0 Å². The molecule has 1 aromatic carbocycles. The molecule has 0 bridgehead atoms. The Morgan fingerprint density at radius 3 is 2.43 bits per heavy atom. The summed E-state index contributed by atoms with van der Waals surface area (Å²) in [5.41, 5.74) is 2.43. The highest BCUT2D eigenvalue weighted by Gasteiger charge is 2.13. The van der Waals surface area contributed by atoms with E-state index >= 15 is 0 Å². The molecule has 7 heteroatoms. The van der Waals surface area contributed by atoms with Crippen molar-refractivity contribution in [1.82, 2.24) is 14.9 Å². The Morgan fingerprint density at radius 2 is 1.87 bits per heavy atom. The highest BCUT2D eigenvalue weighted by Crippen LogP contribution is 2.02. The van der Waals surface area contributed by atoms with E-state index in [9.17, 15) is 8.42 Å². The fourth-order valence-corrected chi connectivity index (χ4v) is 2.83. The molecule has 0 aliphatic rings. The van der Waals surface area contributed by atoms with Crippen LogP contribution in [0.5, 0.6) is 0 Å². The standard InChI is InChI=1S/C16H28N4O2S/c1-5-23(21,22)20(4)12-6-11-18-16(17-3)19-13-15-9-7-14(2)8-10-15/h7-10H,5-6,11-13H2,1-4H3,(H2,17,18,19). The number of hydrogen-bond donors (Lipinski definition) is 2. The molecule has 2 N–H and O–H groups in total. The van der Waals surface area contributed by atoms with Crippen molar-refractivity contribution in [2.24, 2.45) is 4.99 Å². The third-order valence-electron chi connectivity index (χ3n) is 3.59. The summed E-state index contributed by atoms with van der Waals surface area (Å²) in [5.74, 6) is 0.850. The zero-order valence-electron chi connectivity index (χ0n) is 14.5. The molecule has 0 spiro atoms. The van der Waals surface area contributed by atoms with E-state index < -0.39 is 10.0 Å². The minimum atomic E-state index is -3.09. The molecule has 23 heavy (non-hydrogen) atoms. The summed E-state index contributed by atoms with van der Waals surface area (Å²) in [6.45, 7) is 5.58. The van der Waals surface area contributed by atoms with Crippen LogP contribution in [0.3, 0.4) is 0 Å². The molecule has 0 aliphatic heterocycles. The number of guanidine groups is 1. The van der Waals surface area contributed by atoms with Crippen molar-refractivity contribution in [3.63, 3.8) is 0 Å². The molecular weight excluding hydrogens is 312 g/mol. The van der Waals surface area contributed by atoms with Gasteiger partial charge in [0, 0.05) is 33.7 Å². The minimum Gasteiger partial charge on any atom is -0.356 e. The van der Waals surface area contributed by atoms with Crippen LogP contribution < -0.4 is 10.6 Å². The van der Waals surface area contributed by atoms with Crippen molar-refractivity contribution in [2.45, 2.75) is 26.8 Å². The molecule has 0 unspecified atom stereocenters. The molecule has 6 nitrogen and oxygen atoms in total. The highest BCUT2D eigenvalue weighted by atomic mass is 32.2. The van der Waals surface area contributed by atoms with Gasteiger partial charge in [-0.25, -0.2) is 12.7 Å². The first-order valence-corrected chi connectivity index (χ1v) is 9.44. The van der Waals surface area contributed by atoms with E-state index in [1.807, 2.05) is 0 Å². The number of sulfonamides is 1. The van der Waals surface area contributed by atoms with E-state index in [2.05, 4.69) is 46.8 Å². The van der Waals surface area contributed by atoms with Crippen molar-refractivity contribution >= 4 is 16.0 Å². The molecule has 0 radical (unpaired) electrons. The third kappa shape index (κ3) is 7.00. The predicted octanol–water partition coefficient (Wildman–Crippen LogP) is 1.33. The van der Waals surface area contributed by atoms with Gasteiger partial charge in [-0.1, -0.05) is 29.8 Å². The lowest BCUT2D eigenvalue weighted by atomic mass is 10.1. The zero-order chi connectivity index (χ0) is 17.3. The Morgan fingerprint density at radius 1 is 1.22 bits per heavy atom. The van der Waals surface area contributed by atoms with Gasteiger partial charge in [-0.05, 0) is 25.8 Å². The largest absolute Gasteiger partial charge is 0.356 e. The zero-order valence-corrected chi connectivity index (χ0v) is 15.3. The number of hydrogen-bond acceptors (Lipinski definition) is 3. The number of nitrogens with one attached hydrogen (secondary N) is 2. The number of rotatable bonds is 8. The molecule has 0 aromatic heterocycles. The Balaban J connectivity index is 2.31. The Bertz CT molecular complexity index is 597. The summed E-state index contributed by atoms with van der Waals surface area (Å²) in [4.78, 5) is 4.16. The molecule has 1 rings (SSSR count). The van der Waals surface area contributed by atoms with Crippen molar-refractivity contribution in [3.8, 4) is 0 Å². The van der Waals surface area contributed by atoms with Gasteiger partial charge in [0.05, 0.1) is 5.75 Å². The van der Waals surface area contributed by atoms with Gasteiger partial charge in [-0.15, -0.1) is 0 Å². The van der Waals surface area contributed by atoms with Gasteiger partial charge >= 0.3 is 0 Å². The second kappa shape index (κ2) is 9.52. The first kappa shape index (κ1) is 19.4. The van der Waals surface area contributed by atoms with Crippen LogP contribution in [0.2, 0.25) is 0 Å². The molecule has 0 aliphatic carbocycles. The lowest BCUT2D eigenvalue weighted by molar-refractivity contribution is 0.461. The van der Waals surface area contributed by atoms with Crippen LogP contribution in [0.1, 0.15) is 24.5 Å². The SMILES string of the molecule is CCS(=O)(=O)N(C)CCCNC(=NC)NCc1ccc(C)cc1. The summed E-state index contributed by atoms with van der Waals surface area (Å²) >= 11 is 0. The van der Waals surface area contributed by atoms with Crippen LogP contribution in [0, 0.1) is 6.92 Å². The summed E-state index contributed by atoms with van der Waals surface area (Å²) in [6, 6.07) is 8.33. The second-order valence-electron chi connectivity index (χ2n) is 5.41. The maximum absolute atomic E-state index is 11.6. The van der Waals surface area contributed by atoms with Crippen LogP contribution in [-0.2, 0) is 16.6 Å². The predicted molar refractivity (Wildman–Crippen MR) is 96.1 cm³/mol. The van der Waals surface area contributed by atoms with E-state index in [0.717, 1.165) is 6.42 Å². The Labute approximate surface area is 140 Å². The lowest BCUT2D eigenvalue weighted by Gasteiger charge is -2.17. The maximum Gasteiger partial charge on any atom is 0.213 e. The summed E-state index contributed by atoms with van der Waals surface area (Å²) in [7, 11) is 0.240. The van der Waals surface area contributed by atoms with Crippen LogP contribution in [0.4, 0.5) is 0 Å². The fourth-order valence-electron chi connectivity index (χ4n) is 1.98. The fraction of sp³-hybridized carbons (Fsp3) is 0.562. The lowest BCUT2D eigenvalue weighted by Crippen LogP contribution is -2.38. The van der Waals surface area contributed by atoms with Gasteiger partial charge in [0.1, 0.15) is 0 Å². The van der Waals surface area contributed by atoms with Crippen molar-refractivity contribution in [3.05, 3.63) is 35.4 Å². The number of aryl methyl sites for hydroxylation is 1. The smallest absolute Gasteiger partial charge is 0.213 e. The van der Waals surface area contributed by atoms with Gasteiger partial charge in [-0.3, -0.25) is 4.99 Å². The first-order chi connectivity index (χ1) is 10.9. The van der Waals surface area contributed by atoms with Crippen LogP contribution in [0.25, 0.3) is 0 Å². The van der Waals surface area contributed by atoms with Gasteiger partial charge in [-0.2, -0.15) is 0 Å². The highest BCUT2D eigenvalue weighted by molar-refractivity contribution is 7.89. The van der Waals surface area contributed by atoms with Gasteiger partial charge < -0.3 is 10.6 Å². The third-order valence-corrected chi connectivity index (χ3v) is 5.45. The number of nitrogens with zero attached hydrogens (tertiary/aromatic N) is 2. The molecule has 0 saturated carbocycles. The van der Waals surface area contributed by atoms with Crippen LogP contribution in [-0.4, -0.2) is 51.6 Å².